The summed E-state index contributed by atoms with van der Waals surface area (Å²) in [6.07, 6.45) is 1.86. The molecule has 1 amide bonds. The number of ether oxygens (including phenoxy) is 2. The van der Waals surface area contributed by atoms with Gasteiger partial charge < -0.3 is 9.47 Å². The fourth-order valence-corrected chi connectivity index (χ4v) is 4.27. The summed E-state index contributed by atoms with van der Waals surface area (Å²) >= 11 is 10.0. The minimum Gasteiger partial charge on any atom is -0.496 e. The lowest BCUT2D eigenvalue weighted by atomic mass is 10.1. The number of nitrogens with zero attached hydrogens (tertiary/aromatic N) is 1. The monoisotopic (exact) mass is 463 g/mol. The summed E-state index contributed by atoms with van der Waals surface area (Å²) in [5.41, 5.74) is 1.81. The number of amides is 1. The largest absolute Gasteiger partial charge is 0.496 e. The van der Waals surface area contributed by atoms with Gasteiger partial charge in [-0.15, -0.1) is 0 Å². The molecule has 1 aliphatic rings. The third-order valence-electron chi connectivity index (χ3n) is 4.00. The summed E-state index contributed by atoms with van der Waals surface area (Å²) < 4.78 is 12.9. The number of likely N-dealkylation sites (N-methyl/N-ethyl adjacent to an activating group) is 1. The van der Waals surface area contributed by atoms with Crippen LogP contribution in [-0.2, 0) is 11.4 Å². The van der Waals surface area contributed by atoms with Crippen LogP contribution in [0.3, 0.4) is 0 Å². The van der Waals surface area contributed by atoms with Crippen LogP contribution in [0.25, 0.3) is 6.08 Å². The number of carbonyl (C=O) groups excluding carboxylic acids is 1. The van der Waals surface area contributed by atoms with Crippen LogP contribution in [0.4, 0.5) is 0 Å². The second-order valence-corrected chi connectivity index (χ2v) is 8.33. The zero-order valence-electron chi connectivity index (χ0n) is 14.9. The number of benzene rings is 2. The number of hydrogen-bond acceptors (Lipinski definition) is 5. The molecular formula is C20H18BrNO3S2. The number of carbonyl (C=O) groups is 1. The molecule has 0 spiro atoms. The molecule has 0 aliphatic carbocycles. The third kappa shape index (κ3) is 4.72. The molecule has 2 aromatic rings. The van der Waals surface area contributed by atoms with E-state index in [1.807, 2.05) is 55.5 Å². The molecule has 0 radical (unpaired) electrons. The Hall–Kier alpha value is -1.83. The third-order valence-corrected chi connectivity index (χ3v) is 5.91. The van der Waals surface area contributed by atoms with E-state index in [-0.39, 0.29) is 5.91 Å². The highest BCUT2D eigenvalue weighted by Gasteiger charge is 2.30. The number of thioether (sulfide) groups is 1. The van der Waals surface area contributed by atoms with Gasteiger partial charge in [-0.25, -0.2) is 0 Å². The maximum absolute atomic E-state index is 12.4. The minimum absolute atomic E-state index is 0.0454. The summed E-state index contributed by atoms with van der Waals surface area (Å²) in [5, 5.41) is 0. The molecule has 3 rings (SSSR count). The topological polar surface area (TPSA) is 38.8 Å². The molecule has 0 N–H and O–H groups in total. The molecule has 7 heteroatoms. The Labute approximate surface area is 176 Å². The zero-order chi connectivity index (χ0) is 19.4. The first-order valence-electron chi connectivity index (χ1n) is 8.32. The van der Waals surface area contributed by atoms with Crippen molar-refractivity contribution in [2.45, 2.75) is 13.5 Å². The molecule has 27 heavy (non-hydrogen) atoms. The number of halogens is 1. The summed E-state index contributed by atoms with van der Waals surface area (Å²) in [6, 6.07) is 13.4. The standard InChI is InChI=1S/C20H18BrNO3S2/c1-3-22-19(23)18(27-20(22)26)11-13-4-9-17(24-2)14(10-13)12-25-16-7-5-15(21)6-8-16/h4-11H,3,12H2,1-2H3/b18-11-. The maximum Gasteiger partial charge on any atom is 0.266 e. The van der Waals surface area contributed by atoms with Crippen molar-refractivity contribution >= 4 is 56.2 Å². The molecule has 0 bridgehead atoms. The molecule has 1 heterocycles. The number of thiocarbonyl (C=S) groups is 1. The minimum atomic E-state index is -0.0454. The normalized spacial score (nSPS) is 15.5. The van der Waals surface area contributed by atoms with Gasteiger partial charge in [-0.2, -0.15) is 0 Å². The van der Waals surface area contributed by atoms with Crippen molar-refractivity contribution < 1.29 is 14.3 Å². The quantitative estimate of drug-likeness (QED) is 0.431. The van der Waals surface area contributed by atoms with Gasteiger partial charge in [0.15, 0.2) is 0 Å². The maximum atomic E-state index is 12.4. The lowest BCUT2D eigenvalue weighted by Gasteiger charge is -2.12. The molecule has 1 aliphatic heterocycles. The van der Waals surface area contributed by atoms with Crippen LogP contribution in [0.1, 0.15) is 18.1 Å². The number of rotatable bonds is 6. The van der Waals surface area contributed by atoms with E-state index in [9.17, 15) is 4.79 Å². The summed E-state index contributed by atoms with van der Waals surface area (Å²) in [7, 11) is 1.63. The average Bonchev–Trinajstić information content (AvgIpc) is 2.94. The van der Waals surface area contributed by atoms with Gasteiger partial charge in [0.1, 0.15) is 22.4 Å². The predicted molar refractivity (Wildman–Crippen MR) is 117 cm³/mol. The highest BCUT2D eigenvalue weighted by atomic mass is 79.9. The van der Waals surface area contributed by atoms with Gasteiger partial charge in [0, 0.05) is 16.6 Å². The zero-order valence-corrected chi connectivity index (χ0v) is 18.1. The Morgan fingerprint density at radius 1 is 1.22 bits per heavy atom. The fraction of sp³-hybridized carbons (Fsp3) is 0.200. The van der Waals surface area contributed by atoms with E-state index < -0.39 is 0 Å². The van der Waals surface area contributed by atoms with Crippen molar-refractivity contribution in [1.29, 1.82) is 0 Å². The number of methoxy groups -OCH3 is 1. The van der Waals surface area contributed by atoms with E-state index in [0.717, 1.165) is 27.1 Å². The van der Waals surface area contributed by atoms with Gasteiger partial charge >= 0.3 is 0 Å². The fourth-order valence-electron chi connectivity index (χ4n) is 2.62. The SMILES string of the molecule is CCN1C(=O)/C(=C/c2ccc(OC)c(COc3ccc(Br)cc3)c2)SC1=S. The molecule has 1 saturated heterocycles. The van der Waals surface area contributed by atoms with Gasteiger partial charge in [0.2, 0.25) is 0 Å². The lowest BCUT2D eigenvalue weighted by molar-refractivity contribution is -0.121. The highest BCUT2D eigenvalue weighted by molar-refractivity contribution is 9.10. The van der Waals surface area contributed by atoms with Crippen molar-refractivity contribution in [3.8, 4) is 11.5 Å². The van der Waals surface area contributed by atoms with Gasteiger partial charge in [0.05, 0.1) is 12.0 Å². The first kappa shape index (κ1) is 19.9. The predicted octanol–water partition coefficient (Wildman–Crippen LogP) is 5.26. The molecule has 4 nitrogen and oxygen atoms in total. The molecule has 1 fully saturated rings. The van der Waals surface area contributed by atoms with Crippen molar-refractivity contribution in [1.82, 2.24) is 4.90 Å². The van der Waals surface area contributed by atoms with Crippen molar-refractivity contribution in [3.63, 3.8) is 0 Å². The molecule has 0 atom stereocenters. The van der Waals surface area contributed by atoms with Gasteiger partial charge in [-0.1, -0.05) is 46.0 Å². The van der Waals surface area contributed by atoms with Crippen molar-refractivity contribution in [3.05, 3.63) is 63.0 Å². The van der Waals surface area contributed by atoms with E-state index >= 15 is 0 Å². The van der Waals surface area contributed by atoms with Crippen LogP contribution in [0.2, 0.25) is 0 Å². The van der Waals surface area contributed by atoms with E-state index in [2.05, 4.69) is 15.9 Å². The second-order valence-electron chi connectivity index (χ2n) is 5.74. The molecular weight excluding hydrogens is 446 g/mol. The van der Waals surface area contributed by atoms with Gasteiger partial charge in [-0.05, 0) is 55.0 Å². The van der Waals surface area contributed by atoms with Crippen LogP contribution in [0.15, 0.2) is 51.8 Å². The first-order chi connectivity index (χ1) is 13.0. The van der Waals surface area contributed by atoms with Crippen LogP contribution >= 0.6 is 39.9 Å². The number of hydrogen-bond donors (Lipinski definition) is 0. The molecule has 0 aromatic heterocycles. The summed E-state index contributed by atoms with van der Waals surface area (Å²) in [4.78, 5) is 14.6. The van der Waals surface area contributed by atoms with Crippen molar-refractivity contribution in [2.24, 2.45) is 0 Å². The van der Waals surface area contributed by atoms with Crippen LogP contribution < -0.4 is 9.47 Å². The Balaban J connectivity index is 1.81. The summed E-state index contributed by atoms with van der Waals surface area (Å²) in [5.74, 6) is 1.47. The van der Waals surface area contributed by atoms with E-state index in [0.29, 0.717) is 22.4 Å². The molecule has 140 valence electrons. The van der Waals surface area contributed by atoms with E-state index in [1.165, 1.54) is 11.8 Å². The van der Waals surface area contributed by atoms with Crippen LogP contribution in [0, 0.1) is 0 Å². The van der Waals surface area contributed by atoms with Gasteiger partial charge in [0.25, 0.3) is 5.91 Å². The van der Waals surface area contributed by atoms with E-state index in [1.54, 1.807) is 12.0 Å². The summed E-state index contributed by atoms with van der Waals surface area (Å²) in [6.45, 7) is 2.86. The van der Waals surface area contributed by atoms with Crippen LogP contribution in [0.5, 0.6) is 11.5 Å². The molecule has 0 unspecified atom stereocenters. The average molecular weight is 464 g/mol. The Bertz CT molecular complexity index is 897. The van der Waals surface area contributed by atoms with Crippen LogP contribution in [-0.4, -0.2) is 28.8 Å². The Morgan fingerprint density at radius 2 is 1.96 bits per heavy atom. The Kier molecular flexibility index (Phi) is 6.57. The highest BCUT2D eigenvalue weighted by Crippen LogP contribution is 2.33. The van der Waals surface area contributed by atoms with Crippen molar-refractivity contribution in [2.75, 3.05) is 13.7 Å². The molecule has 0 saturated carbocycles. The molecule has 2 aromatic carbocycles. The second kappa shape index (κ2) is 8.91. The Morgan fingerprint density at radius 3 is 2.59 bits per heavy atom. The smallest absolute Gasteiger partial charge is 0.266 e. The lowest BCUT2D eigenvalue weighted by Crippen LogP contribution is -2.27. The van der Waals surface area contributed by atoms with E-state index in [4.69, 9.17) is 21.7 Å². The first-order valence-corrected chi connectivity index (χ1v) is 10.3. The van der Waals surface area contributed by atoms with Gasteiger partial charge in [-0.3, -0.25) is 9.69 Å².